The van der Waals surface area contributed by atoms with Crippen LogP contribution in [0.2, 0.25) is 0 Å². The summed E-state index contributed by atoms with van der Waals surface area (Å²) in [6.45, 7) is 6.64. The summed E-state index contributed by atoms with van der Waals surface area (Å²) >= 11 is -1.02. The van der Waals surface area contributed by atoms with Crippen LogP contribution in [0.1, 0.15) is 26.7 Å². The van der Waals surface area contributed by atoms with Gasteiger partial charge in [-0.05, 0) is 56.2 Å². The van der Waals surface area contributed by atoms with Crippen molar-refractivity contribution in [1.29, 1.82) is 0 Å². The normalized spacial score (nSPS) is 16.1. The predicted octanol–water partition coefficient (Wildman–Crippen LogP) is 2.61. The van der Waals surface area contributed by atoms with Gasteiger partial charge in [0, 0.05) is 5.56 Å². The van der Waals surface area contributed by atoms with Crippen LogP contribution in [0, 0.1) is 0 Å². The first-order valence-corrected chi connectivity index (χ1v) is 10.1. The molecule has 1 unspecified atom stereocenters. The molecular formula is C18H23N3O5S. The highest BCUT2D eigenvalue weighted by atomic mass is 32.2. The summed E-state index contributed by atoms with van der Waals surface area (Å²) in [5, 5.41) is 3.94. The molecule has 2 aromatic rings. The fourth-order valence-electron chi connectivity index (χ4n) is 2.43. The molecule has 0 spiro atoms. The molecule has 8 nitrogen and oxygen atoms in total. The highest BCUT2D eigenvalue weighted by Crippen LogP contribution is 2.21. The number of aromatic nitrogens is 2. The van der Waals surface area contributed by atoms with E-state index in [1.807, 2.05) is 20.8 Å². The van der Waals surface area contributed by atoms with Crippen molar-refractivity contribution in [3.8, 4) is 11.4 Å². The number of amides is 1. The van der Waals surface area contributed by atoms with E-state index in [1.54, 1.807) is 35.4 Å². The van der Waals surface area contributed by atoms with Crippen LogP contribution in [0.4, 0.5) is 4.79 Å². The second kappa shape index (κ2) is 7.87. The number of ether oxygens (including phenoxy) is 2. The zero-order chi connectivity index (χ0) is 19.6. The zero-order valence-corrected chi connectivity index (χ0v) is 16.6. The second-order valence-corrected chi connectivity index (χ2v) is 8.69. The molecule has 0 radical (unpaired) electrons. The molecule has 3 rings (SSSR count). The van der Waals surface area contributed by atoms with Crippen LogP contribution in [0.25, 0.3) is 11.4 Å². The molecule has 0 saturated carbocycles. The number of hydrogen-bond donors (Lipinski definition) is 0. The fourth-order valence-corrected chi connectivity index (χ4v) is 2.95. The van der Waals surface area contributed by atoms with Gasteiger partial charge in [-0.25, -0.2) is 4.79 Å². The van der Waals surface area contributed by atoms with Gasteiger partial charge in [0.2, 0.25) is 5.82 Å². The van der Waals surface area contributed by atoms with Gasteiger partial charge in [-0.2, -0.15) is 4.98 Å². The van der Waals surface area contributed by atoms with Crippen molar-refractivity contribution < 1.29 is 23.3 Å². The molecule has 1 atom stereocenters. The number of benzene rings is 1. The van der Waals surface area contributed by atoms with E-state index >= 15 is 0 Å². The van der Waals surface area contributed by atoms with E-state index in [4.69, 9.17) is 14.0 Å². The van der Waals surface area contributed by atoms with Crippen molar-refractivity contribution in [3.05, 3.63) is 30.2 Å². The van der Waals surface area contributed by atoms with Crippen molar-refractivity contribution in [2.45, 2.75) is 44.0 Å². The summed E-state index contributed by atoms with van der Waals surface area (Å²) in [7, 11) is 0. The average molecular weight is 393 g/mol. The molecule has 0 aliphatic carbocycles. The molecule has 0 N–H and O–H groups in total. The lowest BCUT2D eigenvalue weighted by atomic mass is 10.2. The van der Waals surface area contributed by atoms with Gasteiger partial charge >= 0.3 is 6.09 Å². The SMILES string of the molecule is C[S+]([O-])c1ccc(-c2noc(COC3CN(C(=O)OC(C)(C)C)C3)n2)cc1. The Morgan fingerprint density at radius 2 is 2.00 bits per heavy atom. The summed E-state index contributed by atoms with van der Waals surface area (Å²) in [5.74, 6) is 0.815. The topological polar surface area (TPSA) is 101 Å². The van der Waals surface area contributed by atoms with Crippen molar-refractivity contribution in [2.24, 2.45) is 0 Å². The lowest BCUT2D eigenvalue weighted by molar-refractivity contribution is -0.0739. The van der Waals surface area contributed by atoms with Gasteiger partial charge in [0.05, 0.1) is 19.2 Å². The quantitative estimate of drug-likeness (QED) is 0.720. The van der Waals surface area contributed by atoms with Crippen molar-refractivity contribution in [3.63, 3.8) is 0 Å². The van der Waals surface area contributed by atoms with Crippen molar-refractivity contribution >= 4 is 17.3 Å². The molecule has 9 heteroatoms. The van der Waals surface area contributed by atoms with Gasteiger partial charge in [0.1, 0.15) is 18.5 Å². The Balaban J connectivity index is 1.46. The molecule has 0 bridgehead atoms. The Morgan fingerprint density at radius 3 is 2.59 bits per heavy atom. The van der Waals surface area contributed by atoms with E-state index < -0.39 is 16.8 Å². The smallest absolute Gasteiger partial charge is 0.410 e. The van der Waals surface area contributed by atoms with Crippen LogP contribution in [0.3, 0.4) is 0 Å². The average Bonchev–Trinajstić information content (AvgIpc) is 3.00. The van der Waals surface area contributed by atoms with E-state index in [2.05, 4.69) is 10.1 Å². The van der Waals surface area contributed by atoms with Crippen molar-refractivity contribution in [1.82, 2.24) is 15.0 Å². The Bertz CT molecular complexity index is 779. The van der Waals surface area contributed by atoms with Gasteiger partial charge < -0.3 is 23.4 Å². The molecule has 1 amide bonds. The van der Waals surface area contributed by atoms with Gasteiger partial charge in [0.15, 0.2) is 4.90 Å². The molecule has 1 aromatic carbocycles. The van der Waals surface area contributed by atoms with Crippen LogP contribution in [-0.4, -0.2) is 56.7 Å². The minimum absolute atomic E-state index is 0.0771. The highest BCUT2D eigenvalue weighted by molar-refractivity contribution is 7.90. The van der Waals surface area contributed by atoms with Gasteiger partial charge in [0.25, 0.3) is 5.89 Å². The van der Waals surface area contributed by atoms with Crippen LogP contribution in [-0.2, 0) is 27.3 Å². The number of carbonyl (C=O) groups is 1. The molecule has 2 heterocycles. The molecule has 27 heavy (non-hydrogen) atoms. The van der Waals surface area contributed by atoms with Gasteiger partial charge in [-0.1, -0.05) is 5.16 Å². The van der Waals surface area contributed by atoms with Crippen molar-refractivity contribution in [2.75, 3.05) is 19.3 Å². The largest absolute Gasteiger partial charge is 0.612 e. The Morgan fingerprint density at radius 1 is 1.33 bits per heavy atom. The summed E-state index contributed by atoms with van der Waals surface area (Å²) in [6.07, 6.45) is 1.22. The first kappa shape index (κ1) is 19.7. The molecule has 146 valence electrons. The second-order valence-electron chi connectivity index (χ2n) is 7.31. The molecule has 1 saturated heterocycles. The first-order chi connectivity index (χ1) is 12.7. The number of carbonyl (C=O) groups excluding carboxylic acids is 1. The summed E-state index contributed by atoms with van der Waals surface area (Å²) in [4.78, 5) is 18.5. The Hall–Kier alpha value is -2.10. The van der Waals surface area contributed by atoms with E-state index in [-0.39, 0.29) is 18.8 Å². The van der Waals surface area contributed by atoms with E-state index in [1.165, 1.54) is 0 Å². The molecule has 1 fully saturated rings. The van der Waals surface area contributed by atoms with Gasteiger partial charge in [-0.15, -0.1) is 0 Å². The summed E-state index contributed by atoms with van der Waals surface area (Å²) in [6, 6.07) is 7.16. The molecule has 1 aliphatic heterocycles. The minimum atomic E-state index is -1.02. The summed E-state index contributed by atoms with van der Waals surface area (Å²) < 4.78 is 27.6. The standard InChI is InChI=1S/C18H23N3O5S/c1-18(2,3)25-17(22)21-9-13(10-21)24-11-15-19-16(20-26-15)12-5-7-14(8-6-12)27(4)23/h5-8,13H,9-11H2,1-4H3. The Kier molecular flexibility index (Phi) is 5.73. The third-order valence-electron chi connectivity index (χ3n) is 3.85. The maximum absolute atomic E-state index is 11.9. The lowest BCUT2D eigenvalue weighted by Crippen LogP contribution is -2.55. The van der Waals surface area contributed by atoms with Crippen LogP contribution in [0.5, 0.6) is 0 Å². The van der Waals surface area contributed by atoms with E-state index in [9.17, 15) is 9.35 Å². The molecule has 1 aromatic heterocycles. The van der Waals surface area contributed by atoms with Crippen LogP contribution in [0.15, 0.2) is 33.7 Å². The molecule has 1 aliphatic rings. The summed E-state index contributed by atoms with van der Waals surface area (Å²) in [5.41, 5.74) is 0.270. The monoisotopic (exact) mass is 393 g/mol. The van der Waals surface area contributed by atoms with E-state index in [0.29, 0.717) is 24.8 Å². The predicted molar refractivity (Wildman–Crippen MR) is 98.5 cm³/mol. The molecular weight excluding hydrogens is 370 g/mol. The third-order valence-corrected chi connectivity index (χ3v) is 4.79. The highest BCUT2D eigenvalue weighted by Gasteiger charge is 2.34. The maximum Gasteiger partial charge on any atom is 0.410 e. The van der Waals surface area contributed by atoms with Crippen LogP contribution < -0.4 is 0 Å². The number of rotatable bonds is 5. The minimum Gasteiger partial charge on any atom is -0.612 e. The van der Waals surface area contributed by atoms with E-state index in [0.717, 1.165) is 10.5 Å². The maximum atomic E-state index is 11.9. The van der Waals surface area contributed by atoms with Gasteiger partial charge in [-0.3, -0.25) is 0 Å². The number of hydrogen-bond acceptors (Lipinski definition) is 7. The fraction of sp³-hybridized carbons (Fsp3) is 0.500. The lowest BCUT2D eigenvalue weighted by Gasteiger charge is -2.39. The Labute approximate surface area is 161 Å². The third kappa shape index (κ3) is 5.21. The van der Waals surface area contributed by atoms with Crippen LogP contribution >= 0.6 is 0 Å². The number of likely N-dealkylation sites (tertiary alicyclic amines) is 1. The first-order valence-electron chi connectivity index (χ1n) is 8.57. The zero-order valence-electron chi connectivity index (χ0n) is 15.8. The number of nitrogens with zero attached hydrogens (tertiary/aromatic N) is 3.